The summed E-state index contributed by atoms with van der Waals surface area (Å²) in [7, 11) is 0. The van der Waals surface area contributed by atoms with Crippen LogP contribution in [0.4, 0.5) is 5.69 Å². The fourth-order valence-corrected chi connectivity index (χ4v) is 2.18. The first kappa shape index (κ1) is 12.5. The fraction of sp³-hybridized carbons (Fsp3) is 0.538. The van der Waals surface area contributed by atoms with Gasteiger partial charge in [-0.1, -0.05) is 11.6 Å². The molecule has 0 amide bonds. The average molecular weight is 255 g/mol. The van der Waals surface area contributed by atoms with Gasteiger partial charge in [-0.3, -0.25) is 0 Å². The molecule has 2 rings (SSSR count). The molecule has 1 aliphatic rings. The molecule has 3 nitrogen and oxygen atoms in total. The number of piperazine rings is 1. The standard InChI is InChI=1S/C13H19ClN2O/c1-10(2)17-13-4-3-11(9-12(13)14)16-7-5-15-6-8-16/h3-4,9-10,15H,5-8H2,1-2H3. The number of rotatable bonds is 3. The molecule has 94 valence electrons. The van der Waals surface area contributed by atoms with E-state index >= 15 is 0 Å². The molecule has 1 aromatic rings. The molecule has 4 heteroatoms. The molecule has 0 aliphatic carbocycles. The van der Waals surface area contributed by atoms with Crippen molar-refractivity contribution in [1.82, 2.24) is 5.32 Å². The molecule has 0 aromatic heterocycles. The number of ether oxygens (including phenoxy) is 1. The average Bonchev–Trinajstić information content (AvgIpc) is 2.32. The molecule has 0 radical (unpaired) electrons. The number of nitrogens with zero attached hydrogens (tertiary/aromatic N) is 1. The van der Waals surface area contributed by atoms with Gasteiger partial charge in [-0.15, -0.1) is 0 Å². The molecule has 0 unspecified atom stereocenters. The second kappa shape index (κ2) is 5.61. The van der Waals surface area contributed by atoms with Crippen LogP contribution in [0.1, 0.15) is 13.8 Å². The van der Waals surface area contributed by atoms with E-state index < -0.39 is 0 Å². The van der Waals surface area contributed by atoms with E-state index in [1.165, 1.54) is 5.69 Å². The van der Waals surface area contributed by atoms with Crippen LogP contribution in [0.5, 0.6) is 5.75 Å². The van der Waals surface area contributed by atoms with E-state index in [-0.39, 0.29) is 6.10 Å². The van der Waals surface area contributed by atoms with Crippen LogP contribution in [0.3, 0.4) is 0 Å². The molecule has 17 heavy (non-hydrogen) atoms. The van der Waals surface area contributed by atoms with Crippen LogP contribution in [0.2, 0.25) is 5.02 Å². The van der Waals surface area contributed by atoms with Crippen molar-refractivity contribution >= 4 is 17.3 Å². The van der Waals surface area contributed by atoms with Crippen LogP contribution in [-0.2, 0) is 0 Å². The predicted molar refractivity (Wildman–Crippen MR) is 72.3 cm³/mol. The molecule has 1 aliphatic heterocycles. The van der Waals surface area contributed by atoms with E-state index in [1.807, 2.05) is 26.0 Å². The Morgan fingerprint density at radius 2 is 2.00 bits per heavy atom. The highest BCUT2D eigenvalue weighted by atomic mass is 35.5. The topological polar surface area (TPSA) is 24.5 Å². The van der Waals surface area contributed by atoms with E-state index in [2.05, 4.69) is 16.3 Å². The van der Waals surface area contributed by atoms with Gasteiger partial charge in [-0.05, 0) is 32.0 Å². The Balaban J connectivity index is 2.12. The van der Waals surface area contributed by atoms with Gasteiger partial charge in [0.25, 0.3) is 0 Å². The molecule has 1 N–H and O–H groups in total. The summed E-state index contributed by atoms with van der Waals surface area (Å²) in [5.41, 5.74) is 1.17. The van der Waals surface area contributed by atoms with Gasteiger partial charge >= 0.3 is 0 Å². The van der Waals surface area contributed by atoms with E-state index in [4.69, 9.17) is 16.3 Å². The van der Waals surface area contributed by atoms with Crippen LogP contribution in [0, 0.1) is 0 Å². The summed E-state index contributed by atoms with van der Waals surface area (Å²) in [6, 6.07) is 6.03. The molecule has 0 saturated carbocycles. The Hall–Kier alpha value is -0.930. The van der Waals surface area contributed by atoms with E-state index in [1.54, 1.807) is 0 Å². The van der Waals surface area contributed by atoms with Crippen molar-refractivity contribution in [2.24, 2.45) is 0 Å². The molecule has 0 spiro atoms. The lowest BCUT2D eigenvalue weighted by Crippen LogP contribution is -2.43. The summed E-state index contributed by atoms with van der Waals surface area (Å²) in [6.45, 7) is 8.12. The van der Waals surface area contributed by atoms with Crippen molar-refractivity contribution in [1.29, 1.82) is 0 Å². The highest BCUT2D eigenvalue weighted by molar-refractivity contribution is 6.32. The SMILES string of the molecule is CC(C)Oc1ccc(N2CCNCC2)cc1Cl. The van der Waals surface area contributed by atoms with Crippen molar-refractivity contribution in [3.63, 3.8) is 0 Å². The Morgan fingerprint density at radius 1 is 1.29 bits per heavy atom. The van der Waals surface area contributed by atoms with Gasteiger partial charge < -0.3 is 15.0 Å². The van der Waals surface area contributed by atoms with E-state index in [0.717, 1.165) is 31.9 Å². The molecular formula is C13H19ClN2O. The summed E-state index contributed by atoms with van der Waals surface area (Å²) in [5.74, 6) is 0.764. The highest BCUT2D eigenvalue weighted by Gasteiger charge is 2.12. The zero-order valence-electron chi connectivity index (χ0n) is 10.4. The van der Waals surface area contributed by atoms with Gasteiger partial charge in [-0.2, -0.15) is 0 Å². The Labute approximate surface area is 108 Å². The fourth-order valence-electron chi connectivity index (χ4n) is 1.96. The van der Waals surface area contributed by atoms with Crippen molar-refractivity contribution in [3.05, 3.63) is 23.2 Å². The van der Waals surface area contributed by atoms with Crippen LogP contribution >= 0.6 is 11.6 Å². The Bertz CT molecular complexity index is 376. The van der Waals surface area contributed by atoms with Crippen molar-refractivity contribution in [3.8, 4) is 5.75 Å². The van der Waals surface area contributed by atoms with Crippen LogP contribution < -0.4 is 15.0 Å². The minimum Gasteiger partial charge on any atom is -0.489 e. The minimum atomic E-state index is 0.150. The summed E-state index contributed by atoms with van der Waals surface area (Å²) in [4.78, 5) is 2.33. The Morgan fingerprint density at radius 3 is 2.59 bits per heavy atom. The number of hydrogen-bond donors (Lipinski definition) is 1. The third-order valence-electron chi connectivity index (χ3n) is 2.76. The molecule has 1 fully saturated rings. The molecule has 1 heterocycles. The van der Waals surface area contributed by atoms with Gasteiger partial charge in [0.2, 0.25) is 0 Å². The predicted octanol–water partition coefficient (Wildman–Crippen LogP) is 2.54. The van der Waals surface area contributed by atoms with Crippen molar-refractivity contribution in [2.75, 3.05) is 31.1 Å². The summed E-state index contributed by atoms with van der Waals surface area (Å²) in [5, 5.41) is 4.03. The van der Waals surface area contributed by atoms with E-state index in [0.29, 0.717) is 5.02 Å². The maximum Gasteiger partial charge on any atom is 0.138 e. The van der Waals surface area contributed by atoms with Gasteiger partial charge in [0, 0.05) is 31.9 Å². The first-order chi connectivity index (χ1) is 8.16. The zero-order valence-corrected chi connectivity index (χ0v) is 11.1. The largest absolute Gasteiger partial charge is 0.489 e. The molecule has 0 bridgehead atoms. The third kappa shape index (κ3) is 3.27. The number of halogens is 1. The minimum absolute atomic E-state index is 0.150. The summed E-state index contributed by atoms with van der Waals surface area (Å²) < 4.78 is 5.62. The first-order valence-corrected chi connectivity index (χ1v) is 6.46. The maximum atomic E-state index is 6.23. The number of anilines is 1. The molecular weight excluding hydrogens is 236 g/mol. The molecule has 1 saturated heterocycles. The number of nitrogens with one attached hydrogen (secondary N) is 1. The quantitative estimate of drug-likeness (QED) is 0.897. The lowest BCUT2D eigenvalue weighted by atomic mass is 10.2. The van der Waals surface area contributed by atoms with Gasteiger partial charge in [0.05, 0.1) is 11.1 Å². The second-order valence-electron chi connectivity index (χ2n) is 4.52. The number of hydrogen-bond acceptors (Lipinski definition) is 3. The Kier molecular flexibility index (Phi) is 4.13. The normalized spacial score (nSPS) is 16.4. The smallest absolute Gasteiger partial charge is 0.138 e. The van der Waals surface area contributed by atoms with Crippen LogP contribution in [0.25, 0.3) is 0 Å². The highest BCUT2D eigenvalue weighted by Crippen LogP contribution is 2.30. The van der Waals surface area contributed by atoms with Crippen LogP contribution in [0.15, 0.2) is 18.2 Å². The van der Waals surface area contributed by atoms with E-state index in [9.17, 15) is 0 Å². The van der Waals surface area contributed by atoms with Gasteiger partial charge in [0.1, 0.15) is 5.75 Å². The molecule has 1 aromatic carbocycles. The van der Waals surface area contributed by atoms with Crippen molar-refractivity contribution in [2.45, 2.75) is 20.0 Å². The monoisotopic (exact) mass is 254 g/mol. The zero-order chi connectivity index (χ0) is 12.3. The van der Waals surface area contributed by atoms with Gasteiger partial charge in [0.15, 0.2) is 0 Å². The lowest BCUT2D eigenvalue weighted by molar-refractivity contribution is 0.242. The lowest BCUT2D eigenvalue weighted by Gasteiger charge is -2.29. The number of benzene rings is 1. The maximum absolute atomic E-state index is 6.23. The summed E-state index contributed by atoms with van der Waals surface area (Å²) >= 11 is 6.23. The van der Waals surface area contributed by atoms with Gasteiger partial charge in [-0.25, -0.2) is 0 Å². The second-order valence-corrected chi connectivity index (χ2v) is 4.93. The van der Waals surface area contributed by atoms with Crippen molar-refractivity contribution < 1.29 is 4.74 Å². The first-order valence-electron chi connectivity index (χ1n) is 6.08. The summed E-state index contributed by atoms with van der Waals surface area (Å²) in [6.07, 6.45) is 0.150. The third-order valence-corrected chi connectivity index (χ3v) is 3.06. The molecule has 0 atom stereocenters. The van der Waals surface area contributed by atoms with Crippen LogP contribution in [-0.4, -0.2) is 32.3 Å².